The van der Waals surface area contributed by atoms with Crippen LogP contribution >= 0.6 is 22.9 Å². The minimum atomic E-state index is -0.500. The molecule has 0 unspecified atom stereocenters. The molecule has 0 aliphatic carbocycles. The third-order valence-corrected chi connectivity index (χ3v) is 7.98. The summed E-state index contributed by atoms with van der Waals surface area (Å²) in [4.78, 5) is 17.4. The van der Waals surface area contributed by atoms with E-state index in [1.54, 1.807) is 27.7 Å². The van der Waals surface area contributed by atoms with Crippen molar-refractivity contribution >= 4 is 61.3 Å². The summed E-state index contributed by atoms with van der Waals surface area (Å²) < 4.78 is 8.04. The van der Waals surface area contributed by atoms with Crippen LogP contribution in [0.2, 0.25) is 5.02 Å². The topological polar surface area (TPSA) is 129 Å². The molecule has 0 saturated heterocycles. The van der Waals surface area contributed by atoms with Gasteiger partial charge in [0.1, 0.15) is 5.01 Å². The molecule has 0 saturated carbocycles. The smallest absolute Gasteiger partial charge is 0.310 e. The number of allylic oxidation sites excluding steroid dienone is 2. The van der Waals surface area contributed by atoms with E-state index in [2.05, 4.69) is 5.10 Å². The van der Waals surface area contributed by atoms with E-state index in [0.717, 1.165) is 53.9 Å². The number of carbonyl (C=O) groups excluding carboxylic acids is 1. The minimum absolute atomic E-state index is 0.157. The van der Waals surface area contributed by atoms with Crippen LogP contribution in [0.25, 0.3) is 43.5 Å². The van der Waals surface area contributed by atoms with Crippen molar-refractivity contribution in [3.8, 4) is 11.1 Å². The predicted octanol–water partition coefficient (Wildman–Crippen LogP) is 6.99. The zero-order valence-electron chi connectivity index (χ0n) is 25.8. The average molecular weight is 632 g/mol. The van der Waals surface area contributed by atoms with E-state index in [1.165, 1.54) is 17.5 Å². The van der Waals surface area contributed by atoms with Gasteiger partial charge in [-0.15, -0.1) is 11.3 Å². The number of halogens is 1. The third-order valence-electron chi connectivity index (χ3n) is 6.59. The standard InChI is InChI=1S/C30H28ClN5O2S.C4H10O/c1-4-38-27(37)14-23-17(2)11-25-29(28(23)18-5-8-22(31)9-6-18)39-30(35-25)20(15-32)13-24(33)19-7-10-26-21(12-19)16-34-36(26)3;1-4(2,3)5/h5-13,15-16H,4,14,32-33H2,1-3H3;5H,1-3H3/b20-15+,24-13-;. The molecule has 2 aromatic heterocycles. The van der Waals surface area contributed by atoms with Crippen LogP contribution in [0.3, 0.4) is 0 Å². The Morgan fingerprint density at radius 1 is 1.16 bits per heavy atom. The first kappa shape index (κ1) is 32.7. The Kier molecular flexibility index (Phi) is 10.1. The number of nitrogens with two attached hydrogens (primary N) is 2. The molecule has 2 heterocycles. The lowest BCUT2D eigenvalue weighted by atomic mass is 9.93. The summed E-state index contributed by atoms with van der Waals surface area (Å²) in [5.41, 5.74) is 19.8. The van der Waals surface area contributed by atoms with Gasteiger partial charge in [-0.3, -0.25) is 9.48 Å². The number of ether oxygens (including phenoxy) is 1. The normalized spacial score (nSPS) is 12.4. The van der Waals surface area contributed by atoms with Crippen molar-refractivity contribution in [3.05, 3.63) is 93.7 Å². The first-order valence-electron chi connectivity index (χ1n) is 14.2. The van der Waals surface area contributed by atoms with Crippen molar-refractivity contribution in [3.63, 3.8) is 0 Å². The van der Waals surface area contributed by atoms with E-state index in [9.17, 15) is 4.79 Å². The number of carbonyl (C=O) groups is 1. The Morgan fingerprint density at radius 2 is 1.84 bits per heavy atom. The third kappa shape index (κ3) is 7.85. The number of fused-ring (bicyclic) bond motifs is 2. The van der Waals surface area contributed by atoms with E-state index in [0.29, 0.717) is 22.9 Å². The second-order valence-electron chi connectivity index (χ2n) is 11.3. The lowest BCUT2D eigenvalue weighted by molar-refractivity contribution is -0.142. The van der Waals surface area contributed by atoms with Crippen LogP contribution < -0.4 is 11.5 Å². The summed E-state index contributed by atoms with van der Waals surface area (Å²) in [6.45, 7) is 9.34. The van der Waals surface area contributed by atoms with Crippen LogP contribution in [0, 0.1) is 6.92 Å². The van der Waals surface area contributed by atoms with Crippen LogP contribution in [0.5, 0.6) is 0 Å². The Morgan fingerprint density at radius 3 is 2.48 bits per heavy atom. The number of aromatic nitrogens is 3. The van der Waals surface area contributed by atoms with Gasteiger partial charge in [-0.2, -0.15) is 5.10 Å². The molecule has 0 bridgehead atoms. The van der Waals surface area contributed by atoms with Crippen LogP contribution in [-0.4, -0.2) is 38.0 Å². The summed E-state index contributed by atoms with van der Waals surface area (Å²) in [5.74, 6) is -0.274. The highest BCUT2D eigenvalue weighted by molar-refractivity contribution is 7.20. The highest BCUT2D eigenvalue weighted by Crippen LogP contribution is 2.40. The van der Waals surface area contributed by atoms with Gasteiger partial charge in [0.05, 0.1) is 40.6 Å². The Bertz CT molecular complexity index is 1860. The van der Waals surface area contributed by atoms with Gasteiger partial charge >= 0.3 is 5.97 Å². The molecule has 230 valence electrons. The number of aryl methyl sites for hydroxylation is 2. The molecule has 0 spiro atoms. The molecule has 0 fully saturated rings. The van der Waals surface area contributed by atoms with Crippen LogP contribution in [0.1, 0.15) is 49.4 Å². The Balaban J connectivity index is 0.000000818. The molecule has 0 aliphatic rings. The van der Waals surface area contributed by atoms with Gasteiger partial charge in [-0.05, 0) is 93.3 Å². The van der Waals surface area contributed by atoms with Gasteiger partial charge < -0.3 is 21.3 Å². The summed E-state index contributed by atoms with van der Waals surface area (Å²) >= 11 is 7.69. The fourth-order valence-electron chi connectivity index (χ4n) is 4.64. The van der Waals surface area contributed by atoms with E-state index in [-0.39, 0.29) is 12.4 Å². The van der Waals surface area contributed by atoms with Crippen molar-refractivity contribution < 1.29 is 14.6 Å². The van der Waals surface area contributed by atoms with E-state index in [1.807, 2.05) is 79.5 Å². The van der Waals surface area contributed by atoms with Crippen molar-refractivity contribution in [1.29, 1.82) is 0 Å². The monoisotopic (exact) mass is 631 g/mol. The van der Waals surface area contributed by atoms with Crippen molar-refractivity contribution in [2.24, 2.45) is 18.5 Å². The zero-order chi connectivity index (χ0) is 32.2. The summed E-state index contributed by atoms with van der Waals surface area (Å²) in [6.07, 6.45) is 5.32. The molecule has 5 aromatic rings. The average Bonchev–Trinajstić information content (AvgIpc) is 3.54. The lowest BCUT2D eigenvalue weighted by Gasteiger charge is -2.14. The zero-order valence-corrected chi connectivity index (χ0v) is 27.4. The van der Waals surface area contributed by atoms with Gasteiger partial charge in [0.2, 0.25) is 0 Å². The van der Waals surface area contributed by atoms with Gasteiger partial charge in [-0.1, -0.05) is 29.8 Å². The van der Waals surface area contributed by atoms with E-state index in [4.69, 9.17) is 37.9 Å². The largest absolute Gasteiger partial charge is 0.466 e. The first-order chi connectivity index (χ1) is 20.8. The summed E-state index contributed by atoms with van der Waals surface area (Å²) in [5, 5.41) is 15.2. The number of nitrogens with zero attached hydrogens (tertiary/aromatic N) is 3. The molecule has 5 N–H and O–H groups in total. The van der Waals surface area contributed by atoms with Crippen molar-refractivity contribution in [1.82, 2.24) is 14.8 Å². The minimum Gasteiger partial charge on any atom is -0.466 e. The summed E-state index contributed by atoms with van der Waals surface area (Å²) in [7, 11) is 1.90. The highest BCUT2D eigenvalue weighted by Gasteiger charge is 2.20. The number of aliphatic hydroxyl groups is 1. The number of hydrogen-bond acceptors (Lipinski definition) is 8. The molecule has 8 nitrogen and oxygen atoms in total. The molecule has 3 aromatic carbocycles. The van der Waals surface area contributed by atoms with Gasteiger partial charge in [0.25, 0.3) is 0 Å². The molecular weight excluding hydrogens is 594 g/mol. The predicted molar refractivity (Wildman–Crippen MR) is 182 cm³/mol. The fourth-order valence-corrected chi connectivity index (χ4v) is 5.90. The molecule has 5 rings (SSSR count). The summed E-state index contributed by atoms with van der Waals surface area (Å²) in [6, 6.07) is 15.6. The van der Waals surface area contributed by atoms with Crippen LogP contribution in [0.4, 0.5) is 0 Å². The SMILES string of the molecule is CC(C)(C)O.CCOC(=O)Cc1c(C)cc2nc(C(/C=C(\N)c3ccc4c(cnn4C)c3)=C/N)sc2c1-c1ccc(Cl)cc1. The molecule has 0 aliphatic heterocycles. The number of thiazole rings is 1. The van der Waals surface area contributed by atoms with Crippen molar-refractivity contribution in [2.45, 2.75) is 46.6 Å². The van der Waals surface area contributed by atoms with Gasteiger partial charge in [0, 0.05) is 40.5 Å². The van der Waals surface area contributed by atoms with Crippen LogP contribution in [0.15, 0.2) is 67.0 Å². The number of rotatable bonds is 7. The first-order valence-corrected chi connectivity index (χ1v) is 15.4. The number of hydrogen-bond donors (Lipinski definition) is 3. The van der Waals surface area contributed by atoms with E-state index < -0.39 is 5.60 Å². The lowest BCUT2D eigenvalue weighted by Crippen LogP contribution is -2.10. The number of esters is 1. The maximum Gasteiger partial charge on any atom is 0.310 e. The highest BCUT2D eigenvalue weighted by atomic mass is 35.5. The molecule has 0 atom stereocenters. The molecule has 0 amide bonds. The second kappa shape index (κ2) is 13.6. The Hall–Kier alpha value is -4.18. The molecule has 10 heteroatoms. The number of benzene rings is 3. The van der Waals surface area contributed by atoms with Gasteiger partial charge in [0.15, 0.2) is 0 Å². The Labute approximate surface area is 266 Å². The maximum absolute atomic E-state index is 12.5. The van der Waals surface area contributed by atoms with Crippen molar-refractivity contribution in [2.75, 3.05) is 6.61 Å². The fraction of sp³-hybridized carbons (Fsp3) is 0.265. The molecule has 44 heavy (non-hydrogen) atoms. The van der Waals surface area contributed by atoms with Crippen LogP contribution in [-0.2, 0) is 23.0 Å². The molecular formula is C34H38ClN5O3S. The maximum atomic E-state index is 12.5. The van der Waals surface area contributed by atoms with E-state index >= 15 is 0 Å². The second-order valence-corrected chi connectivity index (χ2v) is 12.8. The van der Waals surface area contributed by atoms with Gasteiger partial charge in [-0.25, -0.2) is 4.98 Å². The quantitative estimate of drug-likeness (QED) is 0.130. The molecule has 0 radical (unpaired) electrons.